The van der Waals surface area contributed by atoms with Gasteiger partial charge in [-0.3, -0.25) is 4.79 Å². The summed E-state index contributed by atoms with van der Waals surface area (Å²) in [5, 5.41) is 4.99. The molecular formula is C21H24N4O3S. The number of amides is 1. The summed E-state index contributed by atoms with van der Waals surface area (Å²) in [6.45, 7) is 6.20. The minimum absolute atomic E-state index is 0.0460. The van der Waals surface area contributed by atoms with Gasteiger partial charge in [-0.2, -0.15) is 4.98 Å². The Balaban J connectivity index is 1.27. The van der Waals surface area contributed by atoms with Gasteiger partial charge in [0.15, 0.2) is 5.82 Å². The van der Waals surface area contributed by atoms with E-state index in [4.69, 9.17) is 9.26 Å². The van der Waals surface area contributed by atoms with Crippen LogP contribution in [0.15, 0.2) is 34.9 Å². The number of carbonyl (C=O) groups excluding carboxylic acids is 1. The molecule has 8 heteroatoms. The molecule has 152 valence electrons. The fourth-order valence-electron chi connectivity index (χ4n) is 3.48. The van der Waals surface area contributed by atoms with Crippen LogP contribution in [0.5, 0.6) is 0 Å². The van der Waals surface area contributed by atoms with Gasteiger partial charge in [-0.05, 0) is 25.8 Å². The van der Waals surface area contributed by atoms with E-state index >= 15 is 0 Å². The van der Waals surface area contributed by atoms with Crippen LogP contribution in [0.4, 0.5) is 0 Å². The van der Waals surface area contributed by atoms with Crippen molar-refractivity contribution in [3.05, 3.63) is 63.2 Å². The minimum atomic E-state index is 0.0460. The first-order chi connectivity index (χ1) is 14.1. The maximum Gasteiger partial charge on any atom is 0.265 e. The van der Waals surface area contributed by atoms with Gasteiger partial charge < -0.3 is 14.2 Å². The lowest BCUT2D eigenvalue weighted by Gasteiger charge is -2.14. The number of aryl methyl sites for hydroxylation is 2. The van der Waals surface area contributed by atoms with Crippen molar-refractivity contribution < 1.29 is 14.1 Å². The highest BCUT2D eigenvalue weighted by Crippen LogP contribution is 2.29. The Hall–Kier alpha value is -2.58. The Labute approximate surface area is 173 Å². The Morgan fingerprint density at radius 3 is 2.86 bits per heavy atom. The van der Waals surface area contributed by atoms with Gasteiger partial charge >= 0.3 is 0 Å². The Morgan fingerprint density at radius 2 is 2.10 bits per heavy atom. The molecule has 1 aliphatic heterocycles. The van der Waals surface area contributed by atoms with Crippen molar-refractivity contribution in [2.45, 2.75) is 39.2 Å². The SMILES string of the molecule is Cc1nc(C)c(C(=O)N2CCC(c3nc(CCOCc4ccccc4)no3)C2)s1. The van der Waals surface area contributed by atoms with Gasteiger partial charge in [-0.1, -0.05) is 35.5 Å². The second kappa shape index (κ2) is 8.84. The number of ether oxygens (including phenoxy) is 1. The van der Waals surface area contributed by atoms with Crippen LogP contribution in [0.1, 0.15) is 50.0 Å². The lowest BCUT2D eigenvalue weighted by Crippen LogP contribution is -2.28. The third-order valence-corrected chi connectivity index (χ3v) is 6.05. The number of hydrogen-bond acceptors (Lipinski definition) is 7. The summed E-state index contributed by atoms with van der Waals surface area (Å²) in [5.74, 6) is 1.38. The number of hydrogen-bond donors (Lipinski definition) is 0. The number of aromatic nitrogens is 3. The normalized spacial score (nSPS) is 16.5. The summed E-state index contributed by atoms with van der Waals surface area (Å²) in [6, 6.07) is 10.1. The smallest absolute Gasteiger partial charge is 0.265 e. The van der Waals surface area contributed by atoms with Gasteiger partial charge in [0, 0.05) is 19.5 Å². The van der Waals surface area contributed by atoms with E-state index < -0.39 is 0 Å². The van der Waals surface area contributed by atoms with E-state index in [1.807, 2.05) is 49.1 Å². The van der Waals surface area contributed by atoms with Crippen molar-refractivity contribution >= 4 is 17.2 Å². The molecule has 2 aromatic heterocycles. The largest absolute Gasteiger partial charge is 0.376 e. The molecule has 1 atom stereocenters. The first-order valence-electron chi connectivity index (χ1n) is 9.77. The molecule has 4 rings (SSSR count). The van der Waals surface area contributed by atoms with Gasteiger partial charge in [0.2, 0.25) is 5.89 Å². The van der Waals surface area contributed by atoms with Crippen LogP contribution in [0.3, 0.4) is 0 Å². The highest BCUT2D eigenvalue weighted by molar-refractivity contribution is 7.13. The third-order valence-electron chi connectivity index (χ3n) is 4.99. The zero-order valence-corrected chi connectivity index (χ0v) is 17.4. The van der Waals surface area contributed by atoms with Crippen LogP contribution in [-0.2, 0) is 17.8 Å². The Bertz CT molecular complexity index is 969. The summed E-state index contributed by atoms with van der Waals surface area (Å²) in [7, 11) is 0. The fourth-order valence-corrected chi connectivity index (χ4v) is 4.37. The summed E-state index contributed by atoms with van der Waals surface area (Å²) in [4.78, 5) is 24.2. The first kappa shape index (κ1) is 19.7. The predicted octanol–water partition coefficient (Wildman–Crippen LogP) is 3.53. The van der Waals surface area contributed by atoms with E-state index in [1.165, 1.54) is 11.3 Å². The molecule has 0 N–H and O–H groups in total. The molecule has 3 aromatic rings. The van der Waals surface area contributed by atoms with E-state index in [9.17, 15) is 4.79 Å². The molecule has 1 unspecified atom stereocenters. The lowest BCUT2D eigenvalue weighted by atomic mass is 10.1. The summed E-state index contributed by atoms with van der Waals surface area (Å²) in [6.07, 6.45) is 1.43. The van der Waals surface area contributed by atoms with Crippen molar-refractivity contribution in [3.63, 3.8) is 0 Å². The summed E-state index contributed by atoms with van der Waals surface area (Å²) < 4.78 is 11.2. The minimum Gasteiger partial charge on any atom is -0.376 e. The molecule has 0 saturated carbocycles. The van der Waals surface area contributed by atoms with Crippen molar-refractivity contribution in [3.8, 4) is 0 Å². The Kier molecular flexibility index (Phi) is 6.01. The van der Waals surface area contributed by atoms with Crippen LogP contribution in [0, 0.1) is 13.8 Å². The van der Waals surface area contributed by atoms with Gasteiger partial charge in [-0.25, -0.2) is 4.98 Å². The predicted molar refractivity (Wildman–Crippen MR) is 109 cm³/mol. The second-order valence-electron chi connectivity index (χ2n) is 7.22. The lowest BCUT2D eigenvalue weighted by molar-refractivity contribution is 0.0793. The van der Waals surface area contributed by atoms with E-state index in [-0.39, 0.29) is 11.8 Å². The molecule has 0 aliphatic carbocycles. The van der Waals surface area contributed by atoms with Gasteiger partial charge in [-0.15, -0.1) is 11.3 Å². The average Bonchev–Trinajstić information content (AvgIpc) is 3.45. The number of carbonyl (C=O) groups is 1. The molecule has 1 fully saturated rings. The van der Waals surface area contributed by atoms with Crippen LogP contribution in [-0.4, -0.2) is 45.6 Å². The topological polar surface area (TPSA) is 81.4 Å². The fraction of sp³-hybridized carbons (Fsp3) is 0.429. The number of thiazole rings is 1. The highest BCUT2D eigenvalue weighted by Gasteiger charge is 2.32. The molecule has 0 radical (unpaired) electrons. The molecule has 1 amide bonds. The van der Waals surface area contributed by atoms with Crippen LogP contribution < -0.4 is 0 Å². The zero-order valence-electron chi connectivity index (χ0n) is 16.6. The van der Waals surface area contributed by atoms with Crippen LogP contribution >= 0.6 is 11.3 Å². The zero-order chi connectivity index (χ0) is 20.2. The Morgan fingerprint density at radius 1 is 1.28 bits per heavy atom. The quantitative estimate of drug-likeness (QED) is 0.552. The van der Waals surface area contributed by atoms with E-state index in [1.54, 1.807) is 0 Å². The van der Waals surface area contributed by atoms with Crippen molar-refractivity contribution in [2.24, 2.45) is 0 Å². The van der Waals surface area contributed by atoms with Crippen LogP contribution in [0.2, 0.25) is 0 Å². The molecular weight excluding hydrogens is 388 g/mol. The van der Waals surface area contributed by atoms with Crippen molar-refractivity contribution in [1.82, 2.24) is 20.0 Å². The number of likely N-dealkylation sites (tertiary alicyclic amines) is 1. The second-order valence-corrected chi connectivity index (χ2v) is 8.42. The molecule has 0 bridgehead atoms. The van der Waals surface area contributed by atoms with Crippen molar-refractivity contribution in [2.75, 3.05) is 19.7 Å². The third kappa shape index (κ3) is 4.71. The van der Waals surface area contributed by atoms with Gasteiger partial charge in [0.25, 0.3) is 5.91 Å². The van der Waals surface area contributed by atoms with E-state index in [2.05, 4.69) is 15.1 Å². The average molecular weight is 413 g/mol. The summed E-state index contributed by atoms with van der Waals surface area (Å²) >= 11 is 1.45. The maximum absolute atomic E-state index is 12.8. The standard InChI is InChI=1S/C21H24N4O3S/c1-14-19(29-15(2)22-14)21(26)25-10-8-17(12-25)20-23-18(24-28-20)9-11-27-13-16-6-4-3-5-7-16/h3-7,17H,8-13H2,1-2H3. The highest BCUT2D eigenvalue weighted by atomic mass is 32.1. The molecule has 7 nitrogen and oxygen atoms in total. The molecule has 29 heavy (non-hydrogen) atoms. The molecule has 0 spiro atoms. The summed E-state index contributed by atoms with van der Waals surface area (Å²) in [5.41, 5.74) is 1.94. The number of nitrogens with zero attached hydrogens (tertiary/aromatic N) is 4. The van der Waals surface area contributed by atoms with Gasteiger partial charge in [0.05, 0.1) is 29.8 Å². The molecule has 3 heterocycles. The van der Waals surface area contributed by atoms with Gasteiger partial charge in [0.1, 0.15) is 4.88 Å². The van der Waals surface area contributed by atoms with Crippen molar-refractivity contribution in [1.29, 1.82) is 0 Å². The number of benzene rings is 1. The molecule has 1 aromatic carbocycles. The molecule has 1 aliphatic rings. The monoisotopic (exact) mass is 412 g/mol. The molecule has 1 saturated heterocycles. The number of rotatable bonds is 7. The van der Waals surface area contributed by atoms with Crippen LogP contribution in [0.25, 0.3) is 0 Å². The first-order valence-corrected chi connectivity index (χ1v) is 10.6. The maximum atomic E-state index is 12.8. The van der Waals surface area contributed by atoms with E-state index in [0.717, 1.165) is 27.6 Å². The van der Waals surface area contributed by atoms with E-state index in [0.29, 0.717) is 44.4 Å².